The molecule has 0 aliphatic rings. The van der Waals surface area contributed by atoms with Crippen LogP contribution < -0.4 is 4.90 Å². The van der Waals surface area contributed by atoms with Crippen LogP contribution in [0.5, 0.6) is 0 Å². The van der Waals surface area contributed by atoms with Gasteiger partial charge in [0.15, 0.2) is 5.58 Å². The van der Waals surface area contributed by atoms with Gasteiger partial charge in [0, 0.05) is 54.8 Å². The van der Waals surface area contributed by atoms with Crippen molar-refractivity contribution in [1.29, 1.82) is 0 Å². The number of furan rings is 3. The molecule has 0 bridgehead atoms. The Labute approximate surface area is 263 Å². The van der Waals surface area contributed by atoms with E-state index in [-0.39, 0.29) is 0 Å². The van der Waals surface area contributed by atoms with Gasteiger partial charge in [0.25, 0.3) is 0 Å². The van der Waals surface area contributed by atoms with Crippen LogP contribution >= 0.6 is 0 Å². The predicted molar refractivity (Wildman–Crippen MR) is 188 cm³/mol. The average Bonchev–Trinajstić information content (AvgIpc) is 3.80. The highest BCUT2D eigenvalue weighted by molar-refractivity contribution is 6.28. The Morgan fingerprint density at radius 2 is 0.891 bits per heavy atom. The van der Waals surface area contributed by atoms with E-state index in [1.54, 1.807) is 0 Å². The van der Waals surface area contributed by atoms with Gasteiger partial charge in [-0.1, -0.05) is 97.1 Å². The second kappa shape index (κ2) is 9.62. The van der Waals surface area contributed by atoms with Gasteiger partial charge in [-0.05, 0) is 54.6 Å². The minimum atomic E-state index is 0.797. The average molecular weight is 592 g/mol. The van der Waals surface area contributed by atoms with Crippen molar-refractivity contribution < 1.29 is 13.3 Å². The molecule has 0 fully saturated rings. The number of rotatable bonds is 4. The summed E-state index contributed by atoms with van der Waals surface area (Å²) < 4.78 is 19.8. The first kappa shape index (κ1) is 25.1. The van der Waals surface area contributed by atoms with Gasteiger partial charge < -0.3 is 18.2 Å². The maximum Gasteiger partial charge on any atom is 0.160 e. The lowest BCUT2D eigenvalue weighted by atomic mass is 9.96. The van der Waals surface area contributed by atoms with E-state index in [0.717, 1.165) is 94.0 Å². The lowest BCUT2D eigenvalue weighted by molar-refractivity contribution is 0.663. The van der Waals surface area contributed by atoms with Gasteiger partial charge in [0.2, 0.25) is 0 Å². The number of anilines is 3. The predicted octanol–water partition coefficient (Wildman–Crippen LogP) is 12.5. The largest absolute Gasteiger partial charge is 0.456 e. The van der Waals surface area contributed by atoms with Gasteiger partial charge in [-0.25, -0.2) is 0 Å². The van der Waals surface area contributed by atoms with E-state index in [1.807, 2.05) is 48.5 Å². The van der Waals surface area contributed by atoms with Gasteiger partial charge in [-0.15, -0.1) is 0 Å². The summed E-state index contributed by atoms with van der Waals surface area (Å²) in [5.41, 5.74) is 10.1. The number of para-hydroxylation sites is 5. The molecule has 0 aliphatic heterocycles. The molecule has 10 rings (SSSR count). The Balaban J connectivity index is 1.38. The fourth-order valence-electron chi connectivity index (χ4n) is 7.09. The van der Waals surface area contributed by atoms with Crippen LogP contribution in [0.25, 0.3) is 76.9 Å². The molecule has 0 radical (unpaired) electrons. The van der Waals surface area contributed by atoms with Crippen molar-refractivity contribution in [3.05, 3.63) is 152 Å². The van der Waals surface area contributed by atoms with Gasteiger partial charge in [-0.3, -0.25) is 0 Å². The minimum absolute atomic E-state index is 0.797. The van der Waals surface area contributed by atoms with Crippen molar-refractivity contribution in [1.82, 2.24) is 0 Å². The van der Waals surface area contributed by atoms with Crippen molar-refractivity contribution in [3.63, 3.8) is 0 Å². The Bertz CT molecular complexity index is 2710. The summed E-state index contributed by atoms with van der Waals surface area (Å²) in [6.45, 7) is 0. The SMILES string of the molecule is c1ccc(N(c2ccccc2)c2c(-c3cccc4c3oc3ccccc34)ccc3c2oc2ccc4oc5ccccc5c4c23)cc1. The Morgan fingerprint density at radius 1 is 0.326 bits per heavy atom. The first-order chi connectivity index (χ1) is 22.8. The summed E-state index contributed by atoms with van der Waals surface area (Å²) in [4.78, 5) is 2.30. The first-order valence-electron chi connectivity index (χ1n) is 15.4. The quantitative estimate of drug-likeness (QED) is 0.204. The number of nitrogens with zero attached hydrogens (tertiary/aromatic N) is 1. The molecule has 0 amide bonds. The molecule has 0 spiro atoms. The molecule has 216 valence electrons. The molecule has 7 aromatic carbocycles. The fraction of sp³-hybridized carbons (Fsp3) is 0. The van der Waals surface area contributed by atoms with Crippen LogP contribution in [-0.4, -0.2) is 0 Å². The molecule has 0 N–H and O–H groups in total. The van der Waals surface area contributed by atoms with Crippen molar-refractivity contribution in [2.75, 3.05) is 4.90 Å². The Kier molecular flexibility index (Phi) is 5.25. The van der Waals surface area contributed by atoms with Crippen LogP contribution in [0.4, 0.5) is 17.1 Å². The van der Waals surface area contributed by atoms with Crippen LogP contribution in [0.2, 0.25) is 0 Å². The van der Waals surface area contributed by atoms with E-state index < -0.39 is 0 Å². The zero-order valence-electron chi connectivity index (χ0n) is 24.6. The highest BCUT2D eigenvalue weighted by atomic mass is 16.3. The van der Waals surface area contributed by atoms with E-state index in [1.165, 1.54) is 0 Å². The summed E-state index contributed by atoms with van der Waals surface area (Å²) in [6, 6.07) is 52.2. The summed E-state index contributed by atoms with van der Waals surface area (Å²) in [6.07, 6.45) is 0. The summed E-state index contributed by atoms with van der Waals surface area (Å²) in [5.74, 6) is 0. The Hall–Kier alpha value is -6.26. The smallest absolute Gasteiger partial charge is 0.160 e. The third-order valence-electron chi connectivity index (χ3n) is 9.06. The van der Waals surface area contributed by atoms with E-state index in [0.29, 0.717) is 0 Å². The topological polar surface area (TPSA) is 42.7 Å². The molecule has 4 nitrogen and oxygen atoms in total. The van der Waals surface area contributed by atoms with E-state index in [9.17, 15) is 0 Å². The first-order valence-corrected chi connectivity index (χ1v) is 15.4. The summed E-state index contributed by atoms with van der Waals surface area (Å²) in [7, 11) is 0. The molecule has 3 aromatic heterocycles. The fourth-order valence-corrected chi connectivity index (χ4v) is 7.09. The van der Waals surface area contributed by atoms with Crippen molar-refractivity contribution in [2.45, 2.75) is 0 Å². The zero-order chi connectivity index (χ0) is 30.2. The molecule has 0 aliphatic carbocycles. The number of benzene rings is 7. The zero-order valence-corrected chi connectivity index (χ0v) is 24.6. The molecular formula is C42H25NO3. The monoisotopic (exact) mass is 591 g/mol. The van der Waals surface area contributed by atoms with Gasteiger partial charge in [-0.2, -0.15) is 0 Å². The van der Waals surface area contributed by atoms with Gasteiger partial charge >= 0.3 is 0 Å². The second-order valence-corrected chi connectivity index (χ2v) is 11.6. The normalized spacial score (nSPS) is 11.9. The van der Waals surface area contributed by atoms with Crippen LogP contribution in [0, 0.1) is 0 Å². The van der Waals surface area contributed by atoms with E-state index in [2.05, 4.69) is 108 Å². The van der Waals surface area contributed by atoms with Crippen molar-refractivity contribution >= 4 is 82.9 Å². The number of hydrogen-bond donors (Lipinski definition) is 0. The standard InChI is InChI=1S/C42H25NO3/c1-3-12-26(13-4-1)43(27-14-5-2-6-15-27)40-29(31-19-11-18-30-28-16-7-9-20-34(28)45-41(30)31)22-23-33-39-37(46-42(33)40)25-24-36-38(39)32-17-8-10-21-35(32)44-36/h1-25H. The third kappa shape index (κ3) is 3.55. The molecule has 0 saturated heterocycles. The van der Waals surface area contributed by atoms with Gasteiger partial charge in [0.1, 0.15) is 27.9 Å². The van der Waals surface area contributed by atoms with Crippen molar-refractivity contribution in [3.8, 4) is 11.1 Å². The lowest BCUT2D eigenvalue weighted by Crippen LogP contribution is -2.11. The second-order valence-electron chi connectivity index (χ2n) is 11.6. The lowest BCUT2D eigenvalue weighted by Gasteiger charge is -2.28. The number of fused-ring (bicyclic) bond motifs is 10. The maximum atomic E-state index is 6.95. The Morgan fingerprint density at radius 3 is 1.63 bits per heavy atom. The minimum Gasteiger partial charge on any atom is -0.456 e. The molecule has 4 heteroatoms. The van der Waals surface area contributed by atoms with E-state index >= 15 is 0 Å². The van der Waals surface area contributed by atoms with Crippen LogP contribution in [0.3, 0.4) is 0 Å². The summed E-state index contributed by atoms with van der Waals surface area (Å²) >= 11 is 0. The summed E-state index contributed by atoms with van der Waals surface area (Å²) in [5, 5.41) is 6.40. The van der Waals surface area contributed by atoms with Crippen LogP contribution in [0.1, 0.15) is 0 Å². The maximum absolute atomic E-state index is 6.95. The molecule has 0 unspecified atom stereocenters. The number of hydrogen-bond acceptors (Lipinski definition) is 4. The highest BCUT2D eigenvalue weighted by Crippen LogP contribution is 2.50. The van der Waals surface area contributed by atoms with Gasteiger partial charge in [0.05, 0.1) is 5.69 Å². The molecule has 3 heterocycles. The van der Waals surface area contributed by atoms with E-state index in [4.69, 9.17) is 13.3 Å². The molecule has 10 aromatic rings. The molecule has 0 saturated carbocycles. The van der Waals surface area contributed by atoms with Crippen molar-refractivity contribution in [2.24, 2.45) is 0 Å². The van der Waals surface area contributed by atoms with Crippen LogP contribution in [-0.2, 0) is 0 Å². The molecule has 0 atom stereocenters. The molecular weight excluding hydrogens is 566 g/mol. The van der Waals surface area contributed by atoms with Crippen LogP contribution in [0.15, 0.2) is 165 Å². The third-order valence-corrected chi connectivity index (χ3v) is 9.06. The highest BCUT2D eigenvalue weighted by Gasteiger charge is 2.26. The molecule has 46 heavy (non-hydrogen) atoms.